The molecule has 34 heavy (non-hydrogen) atoms. The van der Waals surface area contributed by atoms with Gasteiger partial charge in [-0.3, -0.25) is 14.5 Å². The van der Waals surface area contributed by atoms with E-state index in [1.54, 1.807) is 48.5 Å². The molecule has 170 valence electrons. The third kappa shape index (κ3) is 3.73. The van der Waals surface area contributed by atoms with Crippen LogP contribution in [0.2, 0.25) is 5.02 Å². The summed E-state index contributed by atoms with van der Waals surface area (Å²) in [5.74, 6) is -1.29. The molecule has 6 nitrogen and oxygen atoms in total. The minimum Gasteiger partial charge on any atom is -0.507 e. The molecule has 1 N–H and O–H groups in total. The highest BCUT2D eigenvalue weighted by atomic mass is 35.5. The first-order valence-electron chi connectivity index (χ1n) is 10.5. The van der Waals surface area contributed by atoms with E-state index in [1.165, 1.54) is 23.3 Å². The smallest absolute Gasteiger partial charge is 0.301 e. The summed E-state index contributed by atoms with van der Waals surface area (Å²) < 4.78 is 6.27. The van der Waals surface area contributed by atoms with E-state index in [0.717, 1.165) is 15.8 Å². The lowest BCUT2D eigenvalue weighted by atomic mass is 9.95. The van der Waals surface area contributed by atoms with Crippen molar-refractivity contribution in [2.45, 2.75) is 13.0 Å². The van der Waals surface area contributed by atoms with Crippen LogP contribution in [0.25, 0.3) is 16.0 Å². The van der Waals surface area contributed by atoms with Gasteiger partial charge in [-0.15, -0.1) is 0 Å². The van der Waals surface area contributed by atoms with Crippen molar-refractivity contribution in [1.82, 2.24) is 4.98 Å². The number of hydrogen-bond acceptors (Lipinski definition) is 6. The van der Waals surface area contributed by atoms with Gasteiger partial charge in [-0.25, -0.2) is 4.98 Å². The third-order valence-corrected chi connectivity index (χ3v) is 6.94. The summed E-state index contributed by atoms with van der Waals surface area (Å²) in [6, 6.07) is 18.5. The average molecular weight is 491 g/mol. The van der Waals surface area contributed by atoms with Gasteiger partial charge in [0.2, 0.25) is 0 Å². The number of thiazole rings is 1. The number of aromatic nitrogens is 1. The Morgan fingerprint density at radius 1 is 1.09 bits per heavy atom. The van der Waals surface area contributed by atoms with Crippen LogP contribution in [0.1, 0.15) is 22.7 Å². The van der Waals surface area contributed by atoms with Crippen LogP contribution in [0.4, 0.5) is 5.13 Å². The quantitative estimate of drug-likeness (QED) is 0.219. The second-order valence-corrected chi connectivity index (χ2v) is 9.37. The normalized spacial score (nSPS) is 17.5. The van der Waals surface area contributed by atoms with Crippen LogP contribution in [-0.2, 0) is 9.59 Å². The SMILES string of the molecule is COc1cccc(C2/C(=C(\O)c3cccc(Cl)c3)C(=O)C(=O)N2c2nc3ccc(C)cc3s2)c1. The van der Waals surface area contributed by atoms with Gasteiger partial charge < -0.3 is 9.84 Å². The molecule has 0 bridgehead atoms. The highest BCUT2D eigenvalue weighted by Crippen LogP contribution is 2.45. The summed E-state index contributed by atoms with van der Waals surface area (Å²) >= 11 is 7.44. The van der Waals surface area contributed by atoms with Gasteiger partial charge in [0.25, 0.3) is 5.78 Å². The number of aliphatic hydroxyl groups is 1. The zero-order valence-corrected chi connectivity index (χ0v) is 19.9. The lowest BCUT2D eigenvalue weighted by molar-refractivity contribution is -0.132. The van der Waals surface area contributed by atoms with Gasteiger partial charge in [0, 0.05) is 10.6 Å². The zero-order chi connectivity index (χ0) is 24.0. The fourth-order valence-corrected chi connectivity index (χ4v) is 5.35. The van der Waals surface area contributed by atoms with E-state index in [2.05, 4.69) is 4.98 Å². The van der Waals surface area contributed by atoms with Gasteiger partial charge in [0.1, 0.15) is 11.5 Å². The van der Waals surface area contributed by atoms with Crippen molar-refractivity contribution < 1.29 is 19.4 Å². The Morgan fingerprint density at radius 3 is 2.65 bits per heavy atom. The molecule has 1 atom stereocenters. The van der Waals surface area contributed by atoms with E-state index in [1.807, 2.05) is 25.1 Å². The number of benzene rings is 3. The molecule has 1 aromatic heterocycles. The molecule has 0 spiro atoms. The Labute approximate surface area is 204 Å². The lowest BCUT2D eigenvalue weighted by Gasteiger charge is -2.23. The summed E-state index contributed by atoms with van der Waals surface area (Å²) in [4.78, 5) is 32.6. The number of carbonyl (C=O) groups is 2. The number of methoxy groups -OCH3 is 1. The molecule has 0 saturated carbocycles. The monoisotopic (exact) mass is 490 g/mol. The second-order valence-electron chi connectivity index (χ2n) is 7.92. The van der Waals surface area contributed by atoms with Gasteiger partial charge in [-0.1, -0.05) is 53.3 Å². The maximum absolute atomic E-state index is 13.3. The van der Waals surface area contributed by atoms with Crippen LogP contribution < -0.4 is 9.64 Å². The number of anilines is 1. The predicted molar refractivity (Wildman–Crippen MR) is 134 cm³/mol. The zero-order valence-electron chi connectivity index (χ0n) is 18.3. The lowest BCUT2D eigenvalue weighted by Crippen LogP contribution is -2.29. The highest BCUT2D eigenvalue weighted by Gasteiger charge is 2.48. The molecule has 8 heteroatoms. The Kier molecular flexibility index (Phi) is 5.59. The standard InChI is InChI=1S/C26H19ClN2O4S/c1-14-9-10-19-20(11-14)34-26(28-19)29-22(15-5-4-8-18(13-15)33-2)21(24(31)25(29)32)23(30)16-6-3-7-17(27)12-16/h3-13,22,30H,1-2H3/b23-21+. The van der Waals surface area contributed by atoms with Crippen molar-refractivity contribution in [3.05, 3.63) is 94.0 Å². The molecule has 1 amide bonds. The number of carbonyl (C=O) groups excluding carboxylic acids is 2. The molecule has 5 rings (SSSR count). The molecule has 0 radical (unpaired) electrons. The Bertz CT molecular complexity index is 1490. The van der Waals surface area contributed by atoms with Gasteiger partial charge in [0.15, 0.2) is 5.13 Å². The molecule has 0 aliphatic carbocycles. The first-order valence-corrected chi connectivity index (χ1v) is 11.6. The fraction of sp³-hybridized carbons (Fsp3) is 0.115. The van der Waals surface area contributed by atoms with Crippen LogP contribution in [0.15, 0.2) is 72.3 Å². The summed E-state index contributed by atoms with van der Waals surface area (Å²) in [6.07, 6.45) is 0. The van der Waals surface area contributed by atoms with Crippen LogP contribution in [-0.4, -0.2) is 28.9 Å². The van der Waals surface area contributed by atoms with E-state index in [0.29, 0.717) is 27.0 Å². The van der Waals surface area contributed by atoms with E-state index in [4.69, 9.17) is 16.3 Å². The molecule has 3 aromatic carbocycles. The molecule has 1 saturated heterocycles. The number of aliphatic hydroxyl groups excluding tert-OH is 1. The molecule has 1 unspecified atom stereocenters. The van der Waals surface area contributed by atoms with E-state index in [9.17, 15) is 14.7 Å². The van der Waals surface area contributed by atoms with Crippen molar-refractivity contribution in [3.63, 3.8) is 0 Å². The minimum absolute atomic E-state index is 0.0315. The Morgan fingerprint density at radius 2 is 1.88 bits per heavy atom. The first kappa shape index (κ1) is 22.1. The van der Waals surface area contributed by atoms with Crippen LogP contribution in [0.5, 0.6) is 5.75 Å². The maximum atomic E-state index is 13.3. The second kappa shape index (κ2) is 8.59. The van der Waals surface area contributed by atoms with Crippen molar-refractivity contribution >= 4 is 55.7 Å². The number of Topliss-reactive ketones (excluding diaryl/α,β-unsaturated/α-hetero) is 1. The number of rotatable bonds is 4. The maximum Gasteiger partial charge on any atom is 0.301 e. The number of fused-ring (bicyclic) bond motifs is 1. The third-order valence-electron chi connectivity index (χ3n) is 5.69. The first-order chi connectivity index (χ1) is 16.4. The van der Waals surface area contributed by atoms with E-state index in [-0.39, 0.29) is 11.3 Å². The molecule has 4 aromatic rings. The number of amides is 1. The number of halogens is 1. The fourth-order valence-electron chi connectivity index (χ4n) is 4.07. The van der Waals surface area contributed by atoms with Crippen molar-refractivity contribution in [2.75, 3.05) is 12.0 Å². The van der Waals surface area contributed by atoms with Crippen LogP contribution in [0.3, 0.4) is 0 Å². The van der Waals surface area contributed by atoms with Gasteiger partial charge in [-0.05, 0) is 54.4 Å². The van der Waals surface area contributed by atoms with E-state index >= 15 is 0 Å². The molecule has 1 aliphatic heterocycles. The Balaban J connectivity index is 1.75. The summed E-state index contributed by atoms with van der Waals surface area (Å²) in [6.45, 7) is 1.98. The van der Waals surface area contributed by atoms with Gasteiger partial charge >= 0.3 is 5.91 Å². The Hall–Kier alpha value is -3.68. The van der Waals surface area contributed by atoms with Crippen LogP contribution in [0, 0.1) is 6.92 Å². The average Bonchev–Trinajstić information content (AvgIpc) is 3.36. The largest absolute Gasteiger partial charge is 0.507 e. The minimum atomic E-state index is -0.893. The summed E-state index contributed by atoms with van der Waals surface area (Å²) in [5.41, 5.74) is 2.72. The molecule has 1 aliphatic rings. The van der Waals surface area contributed by atoms with Crippen molar-refractivity contribution in [1.29, 1.82) is 0 Å². The van der Waals surface area contributed by atoms with Gasteiger partial charge in [0.05, 0.1) is 28.9 Å². The number of nitrogens with zero attached hydrogens (tertiary/aromatic N) is 2. The van der Waals surface area contributed by atoms with Crippen LogP contribution >= 0.6 is 22.9 Å². The number of ketones is 1. The van der Waals surface area contributed by atoms with E-state index < -0.39 is 17.7 Å². The van der Waals surface area contributed by atoms with Gasteiger partial charge in [-0.2, -0.15) is 0 Å². The van der Waals surface area contributed by atoms with Crippen molar-refractivity contribution in [3.8, 4) is 5.75 Å². The molecule has 1 fully saturated rings. The highest BCUT2D eigenvalue weighted by molar-refractivity contribution is 7.22. The number of aryl methyl sites for hydroxylation is 1. The number of ether oxygens (including phenoxy) is 1. The summed E-state index contributed by atoms with van der Waals surface area (Å²) in [5, 5.41) is 12.0. The molecular formula is C26H19ClN2O4S. The number of hydrogen-bond donors (Lipinski definition) is 1. The van der Waals surface area contributed by atoms with Crippen molar-refractivity contribution in [2.24, 2.45) is 0 Å². The summed E-state index contributed by atoms with van der Waals surface area (Å²) in [7, 11) is 1.54. The predicted octanol–water partition coefficient (Wildman–Crippen LogP) is 5.89. The molecular weight excluding hydrogens is 472 g/mol. The topological polar surface area (TPSA) is 79.7 Å². The molecule has 2 heterocycles.